The van der Waals surface area contributed by atoms with E-state index < -0.39 is 136 Å². The number of carbonyl (C=O) groups is 2. The van der Waals surface area contributed by atoms with E-state index in [1.807, 2.05) is 0 Å². The second kappa shape index (κ2) is 18.8. The fourth-order valence-electron chi connectivity index (χ4n) is 3.26. The third-order valence-corrected chi connectivity index (χ3v) is 6.72. The Morgan fingerprint density at radius 3 is 1.27 bits per heavy atom. The van der Waals surface area contributed by atoms with Crippen molar-refractivity contribution in [1.29, 1.82) is 0 Å². The monoisotopic (exact) mass is 780 g/mol. The van der Waals surface area contributed by atoms with Crippen molar-refractivity contribution in [1.82, 2.24) is 0 Å². The van der Waals surface area contributed by atoms with Crippen molar-refractivity contribution in [2.75, 3.05) is 13.2 Å². The Morgan fingerprint density at radius 1 is 0.551 bits per heavy atom. The molecule has 0 spiro atoms. The predicted molar refractivity (Wildman–Crippen MR) is 119 cm³/mol. The summed E-state index contributed by atoms with van der Waals surface area (Å²) in [6, 6.07) is 0. The summed E-state index contributed by atoms with van der Waals surface area (Å²) in [7, 11) is 0. The van der Waals surface area contributed by atoms with Crippen LogP contribution in [0.2, 0.25) is 0 Å². The molecule has 0 fully saturated rings. The number of unbranched alkanes of at least 4 members (excludes halogenated alkanes) is 4. The number of rotatable bonds is 22. The van der Waals surface area contributed by atoms with Gasteiger partial charge in [-0.05, 0) is 38.5 Å². The summed E-state index contributed by atoms with van der Waals surface area (Å²) in [6.07, 6.45) is -23.4. The molecule has 7 nitrogen and oxygen atoms in total. The van der Waals surface area contributed by atoms with Crippen LogP contribution in [-0.4, -0.2) is 78.3 Å². The van der Waals surface area contributed by atoms with E-state index in [0.717, 1.165) is 0 Å². The summed E-state index contributed by atoms with van der Waals surface area (Å²) in [5.74, 6) is -42.1. The van der Waals surface area contributed by atoms with Crippen LogP contribution in [0.25, 0.3) is 0 Å². The van der Waals surface area contributed by atoms with Gasteiger partial charge in [-0.1, -0.05) is 0 Å². The van der Waals surface area contributed by atoms with Crippen LogP contribution in [0.15, 0.2) is 0 Å². The van der Waals surface area contributed by atoms with Gasteiger partial charge < -0.3 is 14.7 Å². The molecule has 0 bridgehead atoms. The number of halogens is 18. The maximum atomic E-state index is 13.5. The smallest absolute Gasteiger partial charge is 0.691 e. The van der Waals surface area contributed by atoms with Gasteiger partial charge >= 0.3 is 78.7 Å². The number of esters is 2. The van der Waals surface area contributed by atoms with Gasteiger partial charge in [0, 0.05) is 24.9 Å². The molecule has 0 aliphatic rings. The predicted octanol–water partition coefficient (Wildman–Crippen LogP) is 4.76. The molecule has 0 radical (unpaired) electrons. The van der Waals surface area contributed by atoms with Crippen molar-refractivity contribution in [2.45, 2.75) is 111 Å². The Morgan fingerprint density at radius 2 is 0.918 bits per heavy atom. The number of hydrogen-bond acceptors (Lipinski definition) is 8. The van der Waals surface area contributed by atoms with E-state index in [9.17, 15) is 93.9 Å². The van der Waals surface area contributed by atoms with Crippen LogP contribution in [0.1, 0.15) is 57.8 Å². The second-order valence-electron chi connectivity index (χ2n) is 9.64. The summed E-state index contributed by atoms with van der Waals surface area (Å²) in [5.41, 5.74) is 0. The van der Waals surface area contributed by atoms with Gasteiger partial charge in [-0.15, -0.1) is 0 Å². The maximum absolute atomic E-state index is 13.5. The van der Waals surface area contributed by atoms with Gasteiger partial charge in [0.25, 0.3) is 0 Å². The quantitative estimate of drug-likeness (QED) is 0.0296. The molecule has 0 heterocycles. The first kappa shape index (κ1) is 49.6. The van der Waals surface area contributed by atoms with E-state index in [1.54, 1.807) is 0 Å². The fraction of sp³-hybridized carbons (Fsp3) is 0.909. The van der Waals surface area contributed by atoms with Crippen LogP contribution in [0.5, 0.6) is 0 Å². The summed E-state index contributed by atoms with van der Waals surface area (Å²) in [5, 5.41) is 11.2. The molecule has 27 heteroatoms. The molecule has 286 valence electrons. The Labute approximate surface area is 279 Å². The molecule has 0 aromatic heterocycles. The molecule has 0 aromatic carbocycles. The Hall–Kier alpha value is -1.49. The molecule has 0 N–H and O–H groups in total. The largest absolute Gasteiger partial charge is 1.00 e. The molecule has 0 saturated carbocycles. The van der Waals surface area contributed by atoms with E-state index in [0.29, 0.717) is 0 Å². The first-order chi connectivity index (χ1) is 21.4. The van der Waals surface area contributed by atoms with E-state index in [2.05, 4.69) is 18.8 Å². The van der Waals surface area contributed by atoms with Gasteiger partial charge in [-0.2, -0.15) is 83.4 Å². The maximum Gasteiger partial charge on any atom is 1.00 e. The third-order valence-electron chi connectivity index (χ3n) is 6.00. The zero-order valence-electron chi connectivity index (χ0n) is 24.4. The van der Waals surface area contributed by atoms with Crippen LogP contribution in [0.4, 0.5) is 79.0 Å². The summed E-state index contributed by atoms with van der Waals surface area (Å²) in [4.78, 5) is 24.0. The molecule has 0 rings (SSSR count). The van der Waals surface area contributed by atoms with Crippen molar-refractivity contribution in [3.8, 4) is 0 Å². The SMILES string of the molecule is O=C(CC(SOO[O-])C(=O)OCCCCCC(F)(F)C(F)(F)C(F)(F)C(F)(F)F)OCCCCCC(F)(F)C(F)(F)C(F)(F)C(F)(F)F.[Li+]. The minimum atomic E-state index is -7.06. The number of alkyl halides is 18. The molecule has 0 amide bonds. The normalized spacial score (nSPS) is 14.7. The van der Waals surface area contributed by atoms with Crippen LogP contribution in [0.3, 0.4) is 0 Å². The topological polar surface area (TPSA) is 94.1 Å². The molecule has 0 aromatic rings. The van der Waals surface area contributed by atoms with E-state index in [1.165, 1.54) is 0 Å². The third kappa shape index (κ3) is 12.9. The molecule has 0 aliphatic heterocycles. The minimum absolute atomic E-state index is 0. The Bertz CT molecular complexity index is 1030. The van der Waals surface area contributed by atoms with Gasteiger partial charge in [0.2, 0.25) is 0 Å². The summed E-state index contributed by atoms with van der Waals surface area (Å²) in [6.45, 7) is -1.45. The van der Waals surface area contributed by atoms with Gasteiger partial charge in [0.05, 0.1) is 19.6 Å². The average Bonchev–Trinajstić information content (AvgIpc) is 2.92. The van der Waals surface area contributed by atoms with Gasteiger partial charge in [0.1, 0.15) is 5.25 Å². The van der Waals surface area contributed by atoms with Crippen molar-refractivity contribution in [3.63, 3.8) is 0 Å². The van der Waals surface area contributed by atoms with Crippen LogP contribution in [0, 0.1) is 0 Å². The van der Waals surface area contributed by atoms with Gasteiger partial charge in [-0.25, -0.2) is 0 Å². The molecular weight excluding hydrogens is 757 g/mol. The fourth-order valence-corrected chi connectivity index (χ4v) is 3.74. The molecular formula is C22H23F18LiO7S. The zero-order chi connectivity index (χ0) is 38.0. The van der Waals surface area contributed by atoms with Crippen molar-refractivity contribution in [3.05, 3.63) is 0 Å². The van der Waals surface area contributed by atoms with Crippen molar-refractivity contribution < 1.29 is 132 Å². The zero-order valence-corrected chi connectivity index (χ0v) is 25.2. The van der Waals surface area contributed by atoms with Crippen molar-refractivity contribution in [2.24, 2.45) is 0 Å². The molecule has 0 saturated heterocycles. The van der Waals surface area contributed by atoms with Crippen LogP contribution < -0.4 is 24.1 Å². The first-order valence-electron chi connectivity index (χ1n) is 12.8. The van der Waals surface area contributed by atoms with Crippen LogP contribution in [-0.2, 0) is 28.4 Å². The first-order valence-corrected chi connectivity index (χ1v) is 13.6. The van der Waals surface area contributed by atoms with E-state index in [4.69, 9.17) is 0 Å². The van der Waals surface area contributed by atoms with Gasteiger partial charge in [-0.3, -0.25) is 14.6 Å². The second-order valence-corrected chi connectivity index (χ2v) is 10.5. The van der Waals surface area contributed by atoms with Crippen molar-refractivity contribution >= 4 is 24.0 Å². The number of carbonyl (C=O) groups excluding carboxylic acids is 2. The number of hydrogen-bond donors (Lipinski definition) is 0. The Balaban J connectivity index is 0. The van der Waals surface area contributed by atoms with Crippen LogP contribution >= 0.6 is 12.0 Å². The molecule has 1 atom stereocenters. The summed E-state index contributed by atoms with van der Waals surface area (Å²) >= 11 is -0.159. The molecule has 0 aliphatic carbocycles. The Kier molecular flexibility index (Phi) is 19.1. The number of ether oxygens (including phenoxy) is 2. The average molecular weight is 780 g/mol. The minimum Gasteiger partial charge on any atom is -0.691 e. The molecule has 49 heavy (non-hydrogen) atoms. The standard InChI is InChI=1S/C22H24F18O7S.Li/c23-15(24,17(27,28)19(31,32)21(35,36)37)7-3-1-5-9-44-13(41)11-12(48-47-46-43)14(42)45-10-6-2-4-8-16(25,26)18(29,30)20(33,34)22(38,39)40;/h12,43H,1-11H2;/q;+1/p-1. The van der Waals surface area contributed by atoms with E-state index in [-0.39, 0.29) is 30.9 Å². The van der Waals surface area contributed by atoms with Gasteiger partial charge in [0.15, 0.2) is 0 Å². The summed E-state index contributed by atoms with van der Waals surface area (Å²) < 4.78 is 244. The van der Waals surface area contributed by atoms with E-state index >= 15 is 0 Å². The molecule has 1 unspecified atom stereocenters.